The summed E-state index contributed by atoms with van der Waals surface area (Å²) in [5.41, 5.74) is -0.986. The van der Waals surface area contributed by atoms with Gasteiger partial charge in [-0.05, 0) is 11.1 Å². The van der Waals surface area contributed by atoms with Crippen molar-refractivity contribution in [1.29, 1.82) is 0 Å². The van der Waals surface area contributed by atoms with Gasteiger partial charge in [0.2, 0.25) is 5.67 Å². The first-order valence-electron chi connectivity index (χ1n) is 5.25. The minimum absolute atomic E-state index is 0.154. The zero-order valence-corrected chi connectivity index (χ0v) is 8.81. The molecule has 0 unspecified atom stereocenters. The number of aliphatic carboxylic acids is 1. The molecule has 1 aliphatic carbocycles. The molecule has 0 N–H and O–H groups in total. The van der Waals surface area contributed by atoms with Crippen molar-refractivity contribution in [1.82, 2.24) is 0 Å². The van der Waals surface area contributed by atoms with E-state index in [0.29, 0.717) is 11.1 Å². The predicted molar refractivity (Wildman–Crippen MR) is 58.8 cm³/mol. The second-order valence-corrected chi connectivity index (χ2v) is 4.04. The van der Waals surface area contributed by atoms with E-state index < -0.39 is 11.6 Å². The number of alkyl halides is 1. The molecular formula is C14H8FO2-. The maximum absolute atomic E-state index is 14.8. The summed E-state index contributed by atoms with van der Waals surface area (Å²) in [6.45, 7) is 0. The van der Waals surface area contributed by atoms with Gasteiger partial charge in [-0.1, -0.05) is 48.5 Å². The molecule has 0 aliphatic heterocycles. The zero-order valence-electron chi connectivity index (χ0n) is 8.81. The van der Waals surface area contributed by atoms with Crippen LogP contribution in [0.25, 0.3) is 11.1 Å². The van der Waals surface area contributed by atoms with Crippen molar-refractivity contribution >= 4 is 5.97 Å². The first-order valence-corrected chi connectivity index (χ1v) is 5.25. The van der Waals surface area contributed by atoms with E-state index in [9.17, 15) is 14.3 Å². The smallest absolute Gasteiger partial charge is 0.201 e. The zero-order chi connectivity index (χ0) is 12.0. The van der Waals surface area contributed by atoms with Crippen LogP contribution >= 0.6 is 0 Å². The van der Waals surface area contributed by atoms with Crippen LogP contribution in [0.15, 0.2) is 48.5 Å². The molecule has 3 heteroatoms. The Morgan fingerprint density at radius 3 is 1.76 bits per heavy atom. The molecule has 3 rings (SSSR count). The number of carboxylic acids is 1. The van der Waals surface area contributed by atoms with Crippen LogP contribution in [0.2, 0.25) is 0 Å². The van der Waals surface area contributed by atoms with E-state index in [1.54, 1.807) is 36.4 Å². The first-order chi connectivity index (χ1) is 8.15. The number of fused-ring (bicyclic) bond motifs is 3. The lowest BCUT2D eigenvalue weighted by Gasteiger charge is -2.23. The quantitative estimate of drug-likeness (QED) is 0.742. The van der Waals surface area contributed by atoms with Crippen LogP contribution in [-0.2, 0) is 10.5 Å². The highest BCUT2D eigenvalue weighted by Crippen LogP contribution is 2.49. The van der Waals surface area contributed by atoms with Crippen molar-refractivity contribution in [2.75, 3.05) is 0 Å². The number of carbonyl (C=O) groups is 1. The van der Waals surface area contributed by atoms with Crippen LogP contribution < -0.4 is 5.11 Å². The fourth-order valence-corrected chi connectivity index (χ4v) is 2.40. The molecule has 17 heavy (non-hydrogen) atoms. The number of halogens is 1. The van der Waals surface area contributed by atoms with Gasteiger partial charge in [0.25, 0.3) is 0 Å². The summed E-state index contributed by atoms with van der Waals surface area (Å²) in [6, 6.07) is 13.2. The van der Waals surface area contributed by atoms with Crippen molar-refractivity contribution in [2.45, 2.75) is 5.67 Å². The number of benzene rings is 2. The molecule has 0 radical (unpaired) electrons. The lowest BCUT2D eigenvalue weighted by molar-refractivity contribution is -0.318. The van der Waals surface area contributed by atoms with Crippen molar-refractivity contribution in [2.24, 2.45) is 0 Å². The number of hydrogen-bond donors (Lipinski definition) is 0. The van der Waals surface area contributed by atoms with E-state index in [4.69, 9.17) is 0 Å². The Morgan fingerprint density at radius 2 is 1.35 bits per heavy atom. The highest BCUT2D eigenvalue weighted by Gasteiger charge is 2.44. The molecular weight excluding hydrogens is 219 g/mol. The Bertz CT molecular complexity index is 574. The average molecular weight is 227 g/mol. The Labute approximate surface area is 97.3 Å². The second-order valence-electron chi connectivity index (χ2n) is 4.04. The van der Waals surface area contributed by atoms with Gasteiger partial charge in [0.05, 0.1) is 5.97 Å². The Hall–Kier alpha value is -2.16. The molecule has 0 saturated carbocycles. The van der Waals surface area contributed by atoms with Gasteiger partial charge in [0, 0.05) is 11.1 Å². The van der Waals surface area contributed by atoms with Gasteiger partial charge in [-0.2, -0.15) is 0 Å². The molecule has 0 amide bonds. The molecule has 0 spiro atoms. The minimum Gasteiger partial charge on any atom is -0.546 e. The molecule has 0 bridgehead atoms. The lowest BCUT2D eigenvalue weighted by atomic mass is 9.94. The van der Waals surface area contributed by atoms with Gasteiger partial charge < -0.3 is 9.90 Å². The van der Waals surface area contributed by atoms with Gasteiger partial charge in [0.15, 0.2) is 0 Å². The number of carbonyl (C=O) groups excluding carboxylic acids is 1. The van der Waals surface area contributed by atoms with Gasteiger partial charge in [-0.15, -0.1) is 0 Å². The summed E-state index contributed by atoms with van der Waals surface area (Å²) in [7, 11) is 0. The fourth-order valence-electron chi connectivity index (χ4n) is 2.40. The SMILES string of the molecule is O=C([O-])C1(F)c2ccccc2-c2ccccc21. The van der Waals surface area contributed by atoms with Crippen LogP contribution in [0.4, 0.5) is 4.39 Å². The van der Waals surface area contributed by atoms with Crippen molar-refractivity contribution in [3.8, 4) is 11.1 Å². The third-order valence-electron chi connectivity index (χ3n) is 3.17. The third-order valence-corrected chi connectivity index (χ3v) is 3.17. The molecule has 0 aromatic heterocycles. The third kappa shape index (κ3) is 1.11. The van der Waals surface area contributed by atoms with E-state index >= 15 is 0 Å². The topological polar surface area (TPSA) is 40.1 Å². The van der Waals surface area contributed by atoms with Crippen molar-refractivity contribution in [3.63, 3.8) is 0 Å². The molecule has 0 fully saturated rings. The summed E-state index contributed by atoms with van der Waals surface area (Å²) in [5, 5.41) is 11.2. The Morgan fingerprint density at radius 1 is 0.941 bits per heavy atom. The van der Waals surface area contributed by atoms with Crippen LogP contribution in [0.3, 0.4) is 0 Å². The fraction of sp³-hybridized carbons (Fsp3) is 0.0714. The van der Waals surface area contributed by atoms with E-state index in [1.807, 2.05) is 0 Å². The molecule has 84 valence electrons. The van der Waals surface area contributed by atoms with E-state index in [-0.39, 0.29) is 11.1 Å². The van der Waals surface area contributed by atoms with Gasteiger partial charge in [-0.25, -0.2) is 4.39 Å². The Balaban J connectivity index is 2.43. The standard InChI is InChI=1S/C14H9FO2/c15-14(13(16)17)11-7-3-1-5-9(11)10-6-2-4-8-12(10)14/h1-8H,(H,16,17)/p-1. The Kier molecular flexibility index (Phi) is 1.87. The van der Waals surface area contributed by atoms with Crippen LogP contribution in [-0.4, -0.2) is 5.97 Å². The highest BCUT2D eigenvalue weighted by atomic mass is 19.1. The summed E-state index contributed by atoms with van der Waals surface area (Å²) in [5.74, 6) is -1.71. The van der Waals surface area contributed by atoms with E-state index in [1.165, 1.54) is 12.1 Å². The highest BCUT2D eigenvalue weighted by molar-refractivity contribution is 5.94. The van der Waals surface area contributed by atoms with Crippen LogP contribution in [0.1, 0.15) is 11.1 Å². The molecule has 0 saturated heterocycles. The van der Waals surface area contributed by atoms with Crippen LogP contribution in [0.5, 0.6) is 0 Å². The largest absolute Gasteiger partial charge is 0.546 e. The maximum atomic E-state index is 14.8. The van der Waals surface area contributed by atoms with Crippen molar-refractivity contribution in [3.05, 3.63) is 59.7 Å². The summed E-state index contributed by atoms with van der Waals surface area (Å²) >= 11 is 0. The number of hydrogen-bond acceptors (Lipinski definition) is 2. The van der Waals surface area contributed by atoms with Gasteiger partial charge >= 0.3 is 0 Å². The number of carboxylic acid groups (broad SMARTS) is 1. The molecule has 2 aromatic rings. The molecule has 2 nitrogen and oxygen atoms in total. The second kappa shape index (κ2) is 3.17. The summed E-state index contributed by atoms with van der Waals surface area (Å²) < 4.78 is 14.8. The van der Waals surface area contributed by atoms with Gasteiger partial charge in [-0.3, -0.25) is 0 Å². The normalized spacial score (nSPS) is 15.1. The lowest BCUT2D eigenvalue weighted by Crippen LogP contribution is -2.42. The van der Waals surface area contributed by atoms with E-state index in [2.05, 4.69) is 0 Å². The predicted octanol–water partition coefficient (Wildman–Crippen LogP) is 1.63. The molecule has 0 atom stereocenters. The minimum atomic E-state index is -2.53. The maximum Gasteiger partial charge on any atom is 0.201 e. The monoisotopic (exact) mass is 227 g/mol. The van der Waals surface area contributed by atoms with Crippen LogP contribution in [0, 0.1) is 0 Å². The van der Waals surface area contributed by atoms with Gasteiger partial charge in [0.1, 0.15) is 0 Å². The molecule has 1 aliphatic rings. The first kappa shape index (κ1) is 10.0. The average Bonchev–Trinajstić information content (AvgIpc) is 2.63. The number of rotatable bonds is 1. The van der Waals surface area contributed by atoms with E-state index in [0.717, 1.165) is 0 Å². The summed E-state index contributed by atoms with van der Waals surface area (Å²) in [6.07, 6.45) is 0. The molecule has 0 heterocycles. The molecule has 2 aromatic carbocycles. The van der Waals surface area contributed by atoms with Crippen molar-refractivity contribution < 1.29 is 14.3 Å². The summed E-state index contributed by atoms with van der Waals surface area (Å²) in [4.78, 5) is 11.2.